The molecule has 0 aromatic carbocycles. The van der Waals surface area contributed by atoms with Crippen LogP contribution in [0.2, 0.25) is 0 Å². The van der Waals surface area contributed by atoms with Crippen LogP contribution in [0.15, 0.2) is 0 Å². The lowest BCUT2D eigenvalue weighted by atomic mass is 9.96. The van der Waals surface area contributed by atoms with Crippen molar-refractivity contribution in [3.05, 3.63) is 5.01 Å². The monoisotopic (exact) mass is 298 g/mol. The van der Waals surface area contributed by atoms with Crippen molar-refractivity contribution in [3.63, 3.8) is 0 Å². The summed E-state index contributed by atoms with van der Waals surface area (Å²) >= 11 is 6.93. The van der Waals surface area contributed by atoms with E-state index in [0.717, 1.165) is 16.6 Å². The number of thiocarbonyl (C=S) groups is 1. The van der Waals surface area contributed by atoms with E-state index in [0.29, 0.717) is 11.2 Å². The Labute approximate surface area is 124 Å². The van der Waals surface area contributed by atoms with Crippen molar-refractivity contribution in [1.82, 2.24) is 15.5 Å². The van der Waals surface area contributed by atoms with Crippen molar-refractivity contribution >= 4 is 33.8 Å². The number of rotatable bonds is 5. The first-order chi connectivity index (χ1) is 9.28. The van der Waals surface area contributed by atoms with Gasteiger partial charge in [-0.1, -0.05) is 43.9 Å². The molecule has 2 N–H and O–H groups in total. The number of hydrogen-bond donors (Lipinski definition) is 2. The molecule has 6 heteroatoms. The van der Waals surface area contributed by atoms with Gasteiger partial charge in [0.15, 0.2) is 5.11 Å². The molecule has 1 aromatic rings. The maximum atomic E-state index is 5.33. The summed E-state index contributed by atoms with van der Waals surface area (Å²) in [5, 5.41) is 17.4. The molecule has 19 heavy (non-hydrogen) atoms. The Kier molecular flexibility index (Phi) is 5.97. The standard InChI is InChI=1S/C13H22N4S2/c1-2-3-9-11-16-17-13(19-11)15-12(18)14-10-7-5-4-6-8-10/h10H,2-9H2,1H3,(H2,14,15,17,18). The number of nitrogens with one attached hydrogen (secondary N) is 2. The third-order valence-corrected chi connectivity index (χ3v) is 4.49. The van der Waals surface area contributed by atoms with Crippen LogP contribution < -0.4 is 10.6 Å². The van der Waals surface area contributed by atoms with Crippen LogP contribution in [-0.4, -0.2) is 21.4 Å². The van der Waals surface area contributed by atoms with Gasteiger partial charge in [-0.15, -0.1) is 10.2 Å². The second-order valence-corrected chi connectivity index (χ2v) is 6.51. The lowest BCUT2D eigenvalue weighted by Gasteiger charge is -2.23. The largest absolute Gasteiger partial charge is 0.360 e. The topological polar surface area (TPSA) is 49.8 Å². The van der Waals surface area contributed by atoms with Crippen molar-refractivity contribution in [3.8, 4) is 0 Å². The van der Waals surface area contributed by atoms with Crippen molar-refractivity contribution < 1.29 is 0 Å². The molecule has 106 valence electrons. The first-order valence-electron chi connectivity index (χ1n) is 7.18. The number of hydrogen-bond acceptors (Lipinski definition) is 4. The summed E-state index contributed by atoms with van der Waals surface area (Å²) in [6, 6.07) is 0.529. The van der Waals surface area contributed by atoms with Gasteiger partial charge in [-0.25, -0.2) is 0 Å². The summed E-state index contributed by atoms with van der Waals surface area (Å²) in [5.41, 5.74) is 0. The van der Waals surface area contributed by atoms with Gasteiger partial charge in [-0.3, -0.25) is 0 Å². The van der Waals surface area contributed by atoms with Gasteiger partial charge in [0.05, 0.1) is 0 Å². The minimum atomic E-state index is 0.529. The Morgan fingerprint density at radius 1 is 1.32 bits per heavy atom. The summed E-state index contributed by atoms with van der Waals surface area (Å²) in [6.07, 6.45) is 9.78. The third kappa shape index (κ3) is 5.03. The molecule has 0 amide bonds. The van der Waals surface area contributed by atoms with E-state index in [2.05, 4.69) is 27.8 Å². The molecule has 0 bridgehead atoms. The lowest BCUT2D eigenvalue weighted by molar-refractivity contribution is 0.415. The van der Waals surface area contributed by atoms with Crippen molar-refractivity contribution in [2.75, 3.05) is 5.32 Å². The van der Waals surface area contributed by atoms with Gasteiger partial charge >= 0.3 is 0 Å². The van der Waals surface area contributed by atoms with Crippen LogP contribution in [0.3, 0.4) is 0 Å². The van der Waals surface area contributed by atoms with E-state index >= 15 is 0 Å². The second kappa shape index (κ2) is 7.75. The second-order valence-electron chi connectivity index (χ2n) is 5.04. The van der Waals surface area contributed by atoms with Crippen LogP contribution >= 0.6 is 23.6 Å². The van der Waals surface area contributed by atoms with E-state index in [-0.39, 0.29) is 0 Å². The Hall–Kier alpha value is -0.750. The molecule has 1 aliphatic carbocycles. The van der Waals surface area contributed by atoms with Gasteiger partial charge in [0, 0.05) is 12.5 Å². The van der Waals surface area contributed by atoms with Gasteiger partial charge < -0.3 is 10.6 Å². The van der Waals surface area contributed by atoms with Crippen LogP contribution in [-0.2, 0) is 6.42 Å². The number of aromatic nitrogens is 2. The predicted octanol–water partition coefficient (Wildman–Crippen LogP) is 3.50. The van der Waals surface area contributed by atoms with E-state index in [1.807, 2.05) is 0 Å². The van der Waals surface area contributed by atoms with E-state index in [9.17, 15) is 0 Å². The predicted molar refractivity (Wildman–Crippen MR) is 84.8 cm³/mol. The zero-order valence-corrected chi connectivity index (χ0v) is 13.1. The molecule has 1 fully saturated rings. The van der Waals surface area contributed by atoms with Gasteiger partial charge in [0.1, 0.15) is 5.01 Å². The van der Waals surface area contributed by atoms with Crippen LogP contribution in [0.1, 0.15) is 56.9 Å². The SMILES string of the molecule is CCCCc1nnc(NC(=S)NC2CCCCC2)s1. The maximum Gasteiger partial charge on any atom is 0.211 e. The quantitative estimate of drug-likeness (QED) is 0.815. The number of unbranched alkanes of at least 4 members (excludes halogenated alkanes) is 1. The highest BCUT2D eigenvalue weighted by molar-refractivity contribution is 7.80. The highest BCUT2D eigenvalue weighted by Crippen LogP contribution is 2.19. The van der Waals surface area contributed by atoms with E-state index in [1.54, 1.807) is 11.3 Å². The zero-order chi connectivity index (χ0) is 13.5. The van der Waals surface area contributed by atoms with Crippen molar-refractivity contribution in [2.45, 2.75) is 64.3 Å². The molecular formula is C13H22N4S2. The van der Waals surface area contributed by atoms with E-state index in [1.165, 1.54) is 44.9 Å². The number of aryl methyl sites for hydroxylation is 1. The highest BCUT2D eigenvalue weighted by atomic mass is 32.1. The molecular weight excluding hydrogens is 276 g/mol. The third-order valence-electron chi connectivity index (χ3n) is 3.37. The molecule has 1 saturated carbocycles. The summed E-state index contributed by atoms with van der Waals surface area (Å²) in [7, 11) is 0. The van der Waals surface area contributed by atoms with Gasteiger partial charge in [0.2, 0.25) is 5.13 Å². The zero-order valence-electron chi connectivity index (χ0n) is 11.4. The van der Waals surface area contributed by atoms with Crippen LogP contribution in [0.25, 0.3) is 0 Å². The van der Waals surface area contributed by atoms with E-state index < -0.39 is 0 Å². The molecule has 0 atom stereocenters. The molecule has 4 nitrogen and oxygen atoms in total. The number of anilines is 1. The first kappa shape index (κ1) is 14.7. The summed E-state index contributed by atoms with van der Waals surface area (Å²) in [6.45, 7) is 2.18. The van der Waals surface area contributed by atoms with Gasteiger partial charge in [-0.05, 0) is 31.5 Å². The molecule has 0 unspecified atom stereocenters. The first-order valence-corrected chi connectivity index (χ1v) is 8.40. The fourth-order valence-corrected chi connectivity index (χ4v) is 3.41. The van der Waals surface area contributed by atoms with Crippen LogP contribution in [0, 0.1) is 0 Å². The Morgan fingerprint density at radius 2 is 2.11 bits per heavy atom. The molecule has 0 radical (unpaired) electrons. The average molecular weight is 298 g/mol. The molecule has 0 saturated heterocycles. The van der Waals surface area contributed by atoms with Crippen molar-refractivity contribution in [1.29, 1.82) is 0 Å². The van der Waals surface area contributed by atoms with E-state index in [4.69, 9.17) is 12.2 Å². The summed E-state index contributed by atoms with van der Waals surface area (Å²) in [5.74, 6) is 0. The van der Waals surface area contributed by atoms with Crippen molar-refractivity contribution in [2.24, 2.45) is 0 Å². The molecule has 1 aliphatic rings. The average Bonchev–Trinajstić information content (AvgIpc) is 2.85. The van der Waals surface area contributed by atoms with Gasteiger partial charge in [-0.2, -0.15) is 0 Å². The Morgan fingerprint density at radius 3 is 2.84 bits per heavy atom. The maximum absolute atomic E-state index is 5.33. The fraction of sp³-hybridized carbons (Fsp3) is 0.769. The highest BCUT2D eigenvalue weighted by Gasteiger charge is 2.14. The molecule has 1 aromatic heterocycles. The molecule has 1 heterocycles. The smallest absolute Gasteiger partial charge is 0.211 e. The molecule has 0 aliphatic heterocycles. The Balaban J connectivity index is 1.76. The summed E-state index contributed by atoms with van der Waals surface area (Å²) < 4.78 is 0. The summed E-state index contributed by atoms with van der Waals surface area (Å²) in [4.78, 5) is 0. The molecule has 0 spiro atoms. The fourth-order valence-electron chi connectivity index (χ4n) is 2.30. The van der Waals surface area contributed by atoms with Crippen LogP contribution in [0.5, 0.6) is 0 Å². The molecule has 2 rings (SSSR count). The lowest BCUT2D eigenvalue weighted by Crippen LogP contribution is -2.38. The Bertz CT molecular complexity index is 399. The van der Waals surface area contributed by atoms with Crippen LogP contribution in [0.4, 0.5) is 5.13 Å². The minimum Gasteiger partial charge on any atom is -0.360 e. The minimum absolute atomic E-state index is 0.529. The normalized spacial score (nSPS) is 16.3. The van der Waals surface area contributed by atoms with Gasteiger partial charge in [0.25, 0.3) is 0 Å². The number of nitrogens with zero attached hydrogens (tertiary/aromatic N) is 2.